The molecular weight excluding hydrogens is 299 g/mol. The lowest BCUT2D eigenvalue weighted by Crippen LogP contribution is -2.30. The zero-order valence-electron chi connectivity index (χ0n) is 10.4. The summed E-state index contributed by atoms with van der Waals surface area (Å²) >= 11 is 11.7. The number of hydrogen-bond acceptors (Lipinski definition) is 3. The maximum absolute atomic E-state index is 11.6. The quantitative estimate of drug-likeness (QED) is 0.518. The van der Waals surface area contributed by atoms with E-state index in [1.54, 1.807) is 36.4 Å². The van der Waals surface area contributed by atoms with Crippen molar-refractivity contribution in [3.63, 3.8) is 0 Å². The van der Waals surface area contributed by atoms with Crippen molar-refractivity contribution in [3.05, 3.63) is 63.6 Å². The Morgan fingerprint density at radius 3 is 2.60 bits per heavy atom. The number of benzene rings is 2. The number of amides is 1. The number of carbonyl (C=O) groups is 1. The minimum absolute atomic E-state index is 0.224. The maximum atomic E-state index is 11.6. The first kappa shape index (κ1) is 14.7. The second-order valence-electron chi connectivity index (χ2n) is 4.00. The topological polar surface area (TPSA) is 64.3 Å². The largest absolute Gasteiger partial charge is 0.489 e. The van der Waals surface area contributed by atoms with E-state index in [0.29, 0.717) is 21.4 Å². The van der Waals surface area contributed by atoms with E-state index in [-0.39, 0.29) is 12.5 Å². The van der Waals surface area contributed by atoms with Crippen LogP contribution in [0.3, 0.4) is 0 Å². The molecule has 0 unspecified atom stereocenters. The van der Waals surface area contributed by atoms with Gasteiger partial charge in [0.1, 0.15) is 12.4 Å². The fourth-order valence-electron chi connectivity index (χ4n) is 1.67. The van der Waals surface area contributed by atoms with Gasteiger partial charge in [-0.2, -0.15) is 0 Å². The highest BCUT2D eigenvalue weighted by molar-refractivity contribution is 6.42. The van der Waals surface area contributed by atoms with Crippen molar-refractivity contribution in [3.8, 4) is 5.75 Å². The summed E-state index contributed by atoms with van der Waals surface area (Å²) < 4.78 is 5.60. The smallest absolute Gasteiger partial charge is 0.265 e. The van der Waals surface area contributed by atoms with Crippen LogP contribution in [0, 0.1) is 0 Å². The summed E-state index contributed by atoms with van der Waals surface area (Å²) in [6, 6.07) is 12.0. The van der Waals surface area contributed by atoms with Gasteiger partial charge in [0.25, 0.3) is 5.91 Å². The number of rotatable bonds is 4. The van der Waals surface area contributed by atoms with Crippen LogP contribution in [0.15, 0.2) is 42.5 Å². The summed E-state index contributed by atoms with van der Waals surface area (Å²) in [6.45, 7) is 0.224. The molecule has 0 saturated carbocycles. The number of carbonyl (C=O) groups excluding carboxylic acids is 1. The highest BCUT2D eigenvalue weighted by Gasteiger charge is 2.10. The van der Waals surface area contributed by atoms with Gasteiger partial charge < -0.3 is 4.74 Å². The van der Waals surface area contributed by atoms with Crippen LogP contribution in [0.1, 0.15) is 15.9 Å². The summed E-state index contributed by atoms with van der Waals surface area (Å²) in [4.78, 5) is 11.6. The third-order valence-electron chi connectivity index (χ3n) is 2.68. The third kappa shape index (κ3) is 3.42. The highest BCUT2D eigenvalue weighted by Crippen LogP contribution is 2.27. The van der Waals surface area contributed by atoms with Crippen LogP contribution in [-0.2, 0) is 6.61 Å². The van der Waals surface area contributed by atoms with Gasteiger partial charge in [0.2, 0.25) is 0 Å². The van der Waals surface area contributed by atoms with E-state index in [2.05, 4.69) is 5.43 Å². The van der Waals surface area contributed by atoms with E-state index in [1.165, 1.54) is 0 Å². The molecule has 20 heavy (non-hydrogen) atoms. The van der Waals surface area contributed by atoms with Crippen molar-refractivity contribution in [2.45, 2.75) is 6.61 Å². The molecule has 6 heteroatoms. The van der Waals surface area contributed by atoms with Crippen LogP contribution in [0.5, 0.6) is 5.75 Å². The zero-order chi connectivity index (χ0) is 14.5. The molecule has 2 aromatic carbocycles. The van der Waals surface area contributed by atoms with Crippen LogP contribution >= 0.6 is 23.2 Å². The normalized spacial score (nSPS) is 10.2. The van der Waals surface area contributed by atoms with Gasteiger partial charge in [-0.05, 0) is 18.2 Å². The molecule has 104 valence electrons. The average molecular weight is 311 g/mol. The van der Waals surface area contributed by atoms with Crippen LogP contribution in [0.25, 0.3) is 0 Å². The Labute approximate surface area is 126 Å². The molecule has 0 bridgehead atoms. The van der Waals surface area contributed by atoms with Gasteiger partial charge in [-0.25, -0.2) is 5.84 Å². The number of nitrogen functional groups attached to an aromatic ring is 1. The van der Waals surface area contributed by atoms with Crippen molar-refractivity contribution >= 4 is 29.1 Å². The van der Waals surface area contributed by atoms with E-state index in [4.69, 9.17) is 33.8 Å². The lowest BCUT2D eigenvalue weighted by atomic mass is 10.1. The Bertz CT molecular complexity index is 632. The van der Waals surface area contributed by atoms with Gasteiger partial charge in [0.05, 0.1) is 10.0 Å². The number of hydrazine groups is 1. The van der Waals surface area contributed by atoms with E-state index >= 15 is 0 Å². The van der Waals surface area contributed by atoms with Gasteiger partial charge >= 0.3 is 0 Å². The first-order chi connectivity index (χ1) is 9.61. The SMILES string of the molecule is NNC(=O)c1ccccc1COc1ccc(Cl)c(Cl)c1. The fourth-order valence-corrected chi connectivity index (χ4v) is 1.96. The van der Waals surface area contributed by atoms with Gasteiger partial charge in [0, 0.05) is 17.2 Å². The van der Waals surface area contributed by atoms with Crippen molar-refractivity contribution < 1.29 is 9.53 Å². The first-order valence-corrected chi connectivity index (χ1v) is 6.54. The molecule has 0 atom stereocenters. The number of nitrogens with one attached hydrogen (secondary N) is 1. The molecule has 1 amide bonds. The van der Waals surface area contributed by atoms with Crippen LogP contribution in [-0.4, -0.2) is 5.91 Å². The molecule has 0 radical (unpaired) electrons. The number of nitrogens with two attached hydrogens (primary N) is 1. The van der Waals surface area contributed by atoms with Crippen LogP contribution in [0.2, 0.25) is 10.0 Å². The maximum Gasteiger partial charge on any atom is 0.265 e. The van der Waals surface area contributed by atoms with Crippen LogP contribution in [0.4, 0.5) is 0 Å². The summed E-state index contributed by atoms with van der Waals surface area (Å²) in [6.07, 6.45) is 0. The van der Waals surface area contributed by atoms with E-state index < -0.39 is 0 Å². The average Bonchev–Trinajstić information content (AvgIpc) is 2.48. The molecule has 2 rings (SSSR count). The third-order valence-corrected chi connectivity index (χ3v) is 3.42. The van der Waals surface area contributed by atoms with E-state index in [1.807, 2.05) is 6.07 Å². The predicted octanol–water partition coefficient (Wildman–Crippen LogP) is 3.18. The lowest BCUT2D eigenvalue weighted by molar-refractivity contribution is 0.0951. The second-order valence-corrected chi connectivity index (χ2v) is 4.81. The molecule has 4 nitrogen and oxygen atoms in total. The van der Waals surface area contributed by atoms with E-state index in [0.717, 1.165) is 5.56 Å². The number of halogens is 2. The molecule has 0 aromatic heterocycles. The first-order valence-electron chi connectivity index (χ1n) is 5.78. The Kier molecular flexibility index (Phi) is 4.84. The van der Waals surface area contributed by atoms with Crippen molar-refractivity contribution in [2.75, 3.05) is 0 Å². The highest BCUT2D eigenvalue weighted by atomic mass is 35.5. The monoisotopic (exact) mass is 310 g/mol. The second kappa shape index (κ2) is 6.61. The molecule has 0 saturated heterocycles. The summed E-state index contributed by atoms with van der Waals surface area (Å²) in [7, 11) is 0. The molecular formula is C14H12Cl2N2O2. The molecule has 2 aromatic rings. The number of hydrogen-bond donors (Lipinski definition) is 2. The standard InChI is InChI=1S/C14H12Cl2N2O2/c15-12-6-5-10(7-13(12)16)20-8-9-3-1-2-4-11(9)14(19)18-17/h1-7H,8,17H2,(H,18,19). The predicted molar refractivity (Wildman–Crippen MR) is 78.9 cm³/mol. The van der Waals surface area contributed by atoms with E-state index in [9.17, 15) is 4.79 Å². The van der Waals surface area contributed by atoms with Crippen molar-refractivity contribution in [1.29, 1.82) is 0 Å². The lowest BCUT2D eigenvalue weighted by Gasteiger charge is -2.10. The summed E-state index contributed by atoms with van der Waals surface area (Å²) in [5, 5.41) is 0.874. The molecule has 0 aliphatic rings. The zero-order valence-corrected chi connectivity index (χ0v) is 11.9. The molecule has 0 heterocycles. The minimum atomic E-state index is -0.363. The van der Waals surface area contributed by atoms with Gasteiger partial charge in [-0.15, -0.1) is 0 Å². The van der Waals surface area contributed by atoms with Gasteiger partial charge in [-0.3, -0.25) is 10.2 Å². The number of ether oxygens (including phenoxy) is 1. The Balaban J connectivity index is 2.14. The van der Waals surface area contributed by atoms with Crippen molar-refractivity contribution in [2.24, 2.45) is 5.84 Å². The molecule has 0 aliphatic carbocycles. The Hall–Kier alpha value is -1.75. The van der Waals surface area contributed by atoms with Crippen molar-refractivity contribution in [1.82, 2.24) is 5.43 Å². The van der Waals surface area contributed by atoms with Crippen LogP contribution < -0.4 is 16.0 Å². The molecule has 3 N–H and O–H groups in total. The molecule has 0 spiro atoms. The Morgan fingerprint density at radius 2 is 1.90 bits per heavy atom. The molecule has 0 fully saturated rings. The van der Waals surface area contributed by atoms with Gasteiger partial charge in [0.15, 0.2) is 0 Å². The minimum Gasteiger partial charge on any atom is -0.489 e. The summed E-state index contributed by atoms with van der Waals surface area (Å²) in [5.41, 5.74) is 3.29. The summed E-state index contributed by atoms with van der Waals surface area (Å²) in [5.74, 6) is 5.35. The van der Waals surface area contributed by atoms with Gasteiger partial charge in [-0.1, -0.05) is 41.4 Å². The Morgan fingerprint density at radius 1 is 1.15 bits per heavy atom. The molecule has 0 aliphatic heterocycles. The fraction of sp³-hybridized carbons (Fsp3) is 0.0714.